The van der Waals surface area contributed by atoms with E-state index in [1.807, 2.05) is 6.92 Å². The normalized spacial score (nSPS) is 12.2. The van der Waals surface area contributed by atoms with E-state index in [9.17, 15) is 16.8 Å². The molecule has 0 saturated carbocycles. The molecule has 0 aromatic heterocycles. The quantitative estimate of drug-likeness (QED) is 0.653. The zero-order valence-electron chi connectivity index (χ0n) is 13.6. The Bertz CT molecular complexity index is 1150. The molecular weight excluding hydrogens is 360 g/mol. The Labute approximate surface area is 146 Å². The summed E-state index contributed by atoms with van der Waals surface area (Å²) in [6.07, 6.45) is 1.14. The summed E-state index contributed by atoms with van der Waals surface area (Å²) in [7, 11) is -7.23. The maximum Gasteiger partial charge on any atom is 0.339 e. The molecule has 130 valence electrons. The van der Waals surface area contributed by atoms with Crippen LogP contribution in [0.2, 0.25) is 0 Å². The van der Waals surface area contributed by atoms with E-state index in [-0.39, 0.29) is 15.5 Å². The van der Waals surface area contributed by atoms with Gasteiger partial charge in [-0.15, -0.1) is 0 Å². The summed E-state index contributed by atoms with van der Waals surface area (Å²) in [5.74, 6) is 0.167. The van der Waals surface area contributed by atoms with Crippen molar-refractivity contribution in [3.05, 3.63) is 66.2 Å². The van der Waals surface area contributed by atoms with Gasteiger partial charge in [0.05, 0.1) is 4.90 Å². The van der Waals surface area contributed by atoms with E-state index in [2.05, 4.69) is 0 Å². The molecule has 0 unspecified atom stereocenters. The molecule has 0 atom stereocenters. The molecule has 25 heavy (non-hydrogen) atoms. The number of hydrogen-bond donors (Lipinski definition) is 0. The van der Waals surface area contributed by atoms with E-state index in [1.165, 1.54) is 24.3 Å². The Hall–Kier alpha value is -2.38. The lowest BCUT2D eigenvalue weighted by atomic mass is 10.1. The lowest BCUT2D eigenvalue weighted by Gasteiger charge is -2.09. The summed E-state index contributed by atoms with van der Waals surface area (Å²) in [6, 6.07) is 15.7. The molecule has 0 spiro atoms. The fraction of sp³-hybridized carbons (Fsp3) is 0.111. The van der Waals surface area contributed by atoms with Gasteiger partial charge in [0.1, 0.15) is 10.6 Å². The van der Waals surface area contributed by atoms with Gasteiger partial charge in [-0.2, -0.15) is 8.42 Å². The van der Waals surface area contributed by atoms with Gasteiger partial charge in [0, 0.05) is 6.26 Å². The Morgan fingerprint density at radius 3 is 1.92 bits per heavy atom. The van der Waals surface area contributed by atoms with Gasteiger partial charge in [0.2, 0.25) is 0 Å². The molecule has 3 aromatic carbocycles. The Morgan fingerprint density at radius 1 is 0.720 bits per heavy atom. The van der Waals surface area contributed by atoms with Gasteiger partial charge in [-0.3, -0.25) is 0 Å². The first-order valence-corrected chi connectivity index (χ1v) is 10.7. The van der Waals surface area contributed by atoms with Crippen molar-refractivity contribution in [2.24, 2.45) is 0 Å². The standard InChI is InChI=1S/C18H16O5S2/c1-13-3-8-17(9-4-13)25(21,22)23-16-7-5-15-12-18(24(2,19)20)10-6-14(15)11-16/h3-12H,1-2H3. The Morgan fingerprint density at radius 2 is 1.28 bits per heavy atom. The minimum Gasteiger partial charge on any atom is -0.379 e. The number of hydrogen-bond acceptors (Lipinski definition) is 5. The molecule has 0 amide bonds. The average Bonchev–Trinajstić information content (AvgIpc) is 2.53. The van der Waals surface area contributed by atoms with E-state index in [1.54, 1.807) is 36.4 Å². The van der Waals surface area contributed by atoms with Crippen LogP contribution in [0.5, 0.6) is 5.75 Å². The number of benzene rings is 3. The van der Waals surface area contributed by atoms with Gasteiger partial charge in [0.15, 0.2) is 9.84 Å². The maximum atomic E-state index is 12.3. The van der Waals surface area contributed by atoms with Crippen LogP contribution in [0.1, 0.15) is 5.56 Å². The largest absolute Gasteiger partial charge is 0.379 e. The van der Waals surface area contributed by atoms with Gasteiger partial charge in [-0.1, -0.05) is 29.8 Å². The average molecular weight is 376 g/mol. The predicted molar refractivity (Wildman–Crippen MR) is 96.1 cm³/mol. The molecule has 0 radical (unpaired) electrons. The van der Waals surface area contributed by atoms with Gasteiger partial charge in [-0.05, 0) is 54.1 Å². The molecule has 7 heteroatoms. The predicted octanol–water partition coefficient (Wildman–Crippen LogP) is 3.32. The summed E-state index contributed by atoms with van der Waals surface area (Å²) in [6.45, 7) is 1.87. The summed E-state index contributed by atoms with van der Waals surface area (Å²) < 4.78 is 53.1. The summed E-state index contributed by atoms with van der Waals surface area (Å²) >= 11 is 0. The second-order valence-corrected chi connectivity index (χ2v) is 9.36. The van der Waals surface area contributed by atoms with Crippen LogP contribution in [0, 0.1) is 6.92 Å². The monoisotopic (exact) mass is 376 g/mol. The fourth-order valence-corrected chi connectivity index (χ4v) is 3.94. The molecule has 3 aromatic rings. The first-order chi connectivity index (χ1) is 11.6. The van der Waals surface area contributed by atoms with Gasteiger partial charge in [-0.25, -0.2) is 8.42 Å². The Balaban J connectivity index is 1.95. The smallest absolute Gasteiger partial charge is 0.339 e. The topological polar surface area (TPSA) is 77.5 Å². The van der Waals surface area contributed by atoms with E-state index in [4.69, 9.17) is 4.18 Å². The molecule has 0 N–H and O–H groups in total. The van der Waals surface area contributed by atoms with Gasteiger partial charge >= 0.3 is 10.1 Å². The molecule has 0 aliphatic carbocycles. The molecule has 0 bridgehead atoms. The zero-order valence-corrected chi connectivity index (χ0v) is 15.3. The second-order valence-electron chi connectivity index (χ2n) is 5.79. The highest BCUT2D eigenvalue weighted by molar-refractivity contribution is 7.90. The highest BCUT2D eigenvalue weighted by atomic mass is 32.2. The van der Waals surface area contributed by atoms with Crippen LogP contribution in [-0.2, 0) is 20.0 Å². The molecule has 0 aliphatic rings. The lowest BCUT2D eigenvalue weighted by molar-refractivity contribution is 0.486. The minimum atomic E-state index is -3.93. The van der Waals surface area contributed by atoms with E-state index >= 15 is 0 Å². The fourth-order valence-electron chi connectivity index (χ4n) is 2.36. The first kappa shape index (κ1) is 17.4. The van der Waals surface area contributed by atoms with Gasteiger partial charge < -0.3 is 4.18 Å². The van der Waals surface area contributed by atoms with Crippen molar-refractivity contribution >= 4 is 30.7 Å². The van der Waals surface area contributed by atoms with Crippen LogP contribution in [0.3, 0.4) is 0 Å². The van der Waals surface area contributed by atoms with Crippen LogP contribution in [0.4, 0.5) is 0 Å². The zero-order chi connectivity index (χ0) is 18.2. The van der Waals surface area contributed by atoms with Crippen LogP contribution in [-0.4, -0.2) is 23.1 Å². The molecule has 0 saturated heterocycles. The van der Waals surface area contributed by atoms with Gasteiger partial charge in [0.25, 0.3) is 0 Å². The second kappa shape index (κ2) is 6.16. The molecular formula is C18H16O5S2. The van der Waals surface area contributed by atoms with Crippen molar-refractivity contribution in [2.75, 3.05) is 6.26 Å². The summed E-state index contributed by atoms with van der Waals surface area (Å²) in [5, 5.41) is 1.37. The third-order valence-corrected chi connectivity index (χ3v) is 6.10. The first-order valence-electron chi connectivity index (χ1n) is 7.40. The molecule has 0 fully saturated rings. The number of rotatable bonds is 4. The van der Waals surface area contributed by atoms with Crippen molar-refractivity contribution in [1.82, 2.24) is 0 Å². The van der Waals surface area contributed by atoms with Crippen molar-refractivity contribution in [3.8, 4) is 5.75 Å². The number of aryl methyl sites for hydroxylation is 1. The van der Waals surface area contributed by atoms with Crippen molar-refractivity contribution in [3.63, 3.8) is 0 Å². The van der Waals surface area contributed by atoms with Crippen molar-refractivity contribution in [2.45, 2.75) is 16.7 Å². The third-order valence-electron chi connectivity index (χ3n) is 3.73. The third kappa shape index (κ3) is 3.83. The van der Waals surface area contributed by atoms with E-state index < -0.39 is 20.0 Å². The van der Waals surface area contributed by atoms with Crippen molar-refractivity contribution in [1.29, 1.82) is 0 Å². The molecule has 0 aliphatic heterocycles. The molecule has 3 rings (SSSR count). The lowest BCUT2D eigenvalue weighted by Crippen LogP contribution is -2.09. The van der Waals surface area contributed by atoms with E-state index in [0.717, 1.165) is 11.8 Å². The minimum absolute atomic E-state index is 0.0746. The summed E-state index contributed by atoms with van der Waals surface area (Å²) in [4.78, 5) is 0.284. The van der Waals surface area contributed by atoms with E-state index in [0.29, 0.717) is 10.8 Å². The number of sulfone groups is 1. The molecule has 5 nitrogen and oxygen atoms in total. The van der Waals surface area contributed by atoms with Crippen molar-refractivity contribution < 1.29 is 21.0 Å². The van der Waals surface area contributed by atoms with Crippen LogP contribution >= 0.6 is 0 Å². The maximum absolute atomic E-state index is 12.3. The molecule has 0 heterocycles. The van der Waals surface area contributed by atoms with Crippen LogP contribution in [0.15, 0.2) is 70.5 Å². The summed E-state index contributed by atoms with van der Waals surface area (Å²) in [5.41, 5.74) is 0.950. The highest BCUT2D eigenvalue weighted by Crippen LogP contribution is 2.26. The van der Waals surface area contributed by atoms with Crippen LogP contribution < -0.4 is 4.18 Å². The SMILES string of the molecule is Cc1ccc(S(=O)(=O)Oc2ccc3cc(S(C)(=O)=O)ccc3c2)cc1. The van der Waals surface area contributed by atoms with Crippen LogP contribution in [0.25, 0.3) is 10.8 Å². The Kier molecular flexibility index (Phi) is 4.30. The number of fused-ring (bicyclic) bond motifs is 1. The highest BCUT2D eigenvalue weighted by Gasteiger charge is 2.17.